The Bertz CT molecular complexity index is 553. The number of aryl methyl sites for hydroxylation is 1. The van der Waals surface area contributed by atoms with Crippen LogP contribution in [0.3, 0.4) is 0 Å². The largest absolute Gasteiger partial charge is 0.361 e. The summed E-state index contributed by atoms with van der Waals surface area (Å²) in [6.45, 7) is 6.80. The van der Waals surface area contributed by atoms with Gasteiger partial charge in [-0.25, -0.2) is 0 Å². The van der Waals surface area contributed by atoms with Crippen molar-refractivity contribution in [2.24, 2.45) is 0 Å². The Morgan fingerprint density at radius 2 is 1.79 bits per heavy atom. The molecule has 1 aliphatic rings. The highest BCUT2D eigenvalue weighted by molar-refractivity contribution is 7.14. The summed E-state index contributed by atoms with van der Waals surface area (Å²) in [6, 6.07) is 11.0. The number of hydrogen-bond donors (Lipinski definition) is 0. The molecule has 1 fully saturated rings. The molecule has 2 heterocycles. The molecular formula is C16H20N2S. The molecule has 100 valence electrons. The third kappa shape index (κ3) is 2.67. The standard InChI is InChI=1S/C16H20N2S/c1-13-5-3-4-6-15(13)14-11-16(19-12-14)18-9-7-17(2)8-10-18/h3-6,11-12H,7-10H2,1-2H3. The Balaban J connectivity index is 1.82. The van der Waals surface area contributed by atoms with Crippen molar-refractivity contribution < 1.29 is 0 Å². The molecule has 0 saturated carbocycles. The lowest BCUT2D eigenvalue weighted by molar-refractivity contribution is 0.313. The van der Waals surface area contributed by atoms with E-state index in [0.717, 1.165) is 26.2 Å². The third-order valence-corrected chi connectivity index (χ3v) is 4.85. The number of hydrogen-bond acceptors (Lipinski definition) is 3. The summed E-state index contributed by atoms with van der Waals surface area (Å²) in [6.07, 6.45) is 0. The molecule has 3 heteroatoms. The second-order valence-corrected chi connectivity index (χ2v) is 6.17. The van der Waals surface area contributed by atoms with Crippen molar-refractivity contribution in [2.45, 2.75) is 6.92 Å². The quantitative estimate of drug-likeness (QED) is 0.826. The molecule has 0 N–H and O–H groups in total. The maximum absolute atomic E-state index is 2.51. The number of nitrogens with zero attached hydrogens (tertiary/aromatic N) is 2. The van der Waals surface area contributed by atoms with Crippen LogP contribution in [0, 0.1) is 6.92 Å². The molecule has 0 unspecified atom stereocenters. The molecule has 0 aliphatic carbocycles. The molecule has 0 radical (unpaired) electrons. The van der Waals surface area contributed by atoms with Crippen LogP contribution >= 0.6 is 11.3 Å². The van der Waals surface area contributed by atoms with Gasteiger partial charge in [0, 0.05) is 31.6 Å². The minimum absolute atomic E-state index is 1.14. The van der Waals surface area contributed by atoms with Crippen molar-refractivity contribution in [1.29, 1.82) is 0 Å². The maximum Gasteiger partial charge on any atom is 0.0915 e. The number of thiophene rings is 1. The summed E-state index contributed by atoms with van der Waals surface area (Å²) in [7, 11) is 2.20. The lowest BCUT2D eigenvalue weighted by Gasteiger charge is -2.32. The Kier molecular flexibility index (Phi) is 3.58. The smallest absolute Gasteiger partial charge is 0.0915 e. The first-order valence-corrected chi connectivity index (χ1v) is 7.70. The van der Waals surface area contributed by atoms with Crippen molar-refractivity contribution in [3.05, 3.63) is 41.3 Å². The van der Waals surface area contributed by atoms with E-state index in [1.54, 1.807) is 0 Å². The minimum atomic E-state index is 1.14. The van der Waals surface area contributed by atoms with E-state index in [-0.39, 0.29) is 0 Å². The molecule has 0 amide bonds. The zero-order valence-electron chi connectivity index (χ0n) is 11.6. The third-order valence-electron chi connectivity index (χ3n) is 3.86. The van der Waals surface area contributed by atoms with Crippen LogP contribution in [0.5, 0.6) is 0 Å². The van der Waals surface area contributed by atoms with Crippen LogP contribution in [0.4, 0.5) is 5.00 Å². The number of anilines is 1. The van der Waals surface area contributed by atoms with Gasteiger partial charge in [-0.05, 0) is 36.7 Å². The fraction of sp³-hybridized carbons (Fsp3) is 0.375. The molecule has 1 aromatic carbocycles. The molecule has 1 aromatic heterocycles. The van der Waals surface area contributed by atoms with E-state index < -0.39 is 0 Å². The summed E-state index contributed by atoms with van der Waals surface area (Å²) in [5.74, 6) is 0. The van der Waals surface area contributed by atoms with E-state index in [0.29, 0.717) is 0 Å². The predicted molar refractivity (Wildman–Crippen MR) is 84.2 cm³/mol. The van der Waals surface area contributed by atoms with Gasteiger partial charge in [0.05, 0.1) is 5.00 Å². The van der Waals surface area contributed by atoms with E-state index >= 15 is 0 Å². The zero-order chi connectivity index (χ0) is 13.2. The summed E-state index contributed by atoms with van der Waals surface area (Å²) < 4.78 is 0. The SMILES string of the molecule is Cc1ccccc1-c1csc(N2CCN(C)CC2)c1. The average Bonchev–Trinajstić information content (AvgIpc) is 2.89. The van der Waals surface area contributed by atoms with Gasteiger partial charge in [0.25, 0.3) is 0 Å². The van der Waals surface area contributed by atoms with E-state index in [2.05, 4.69) is 59.5 Å². The van der Waals surface area contributed by atoms with Crippen molar-refractivity contribution in [3.8, 4) is 11.1 Å². The predicted octanol–water partition coefficient (Wildman–Crippen LogP) is 3.48. The van der Waals surface area contributed by atoms with E-state index in [9.17, 15) is 0 Å². The molecule has 2 nitrogen and oxygen atoms in total. The Morgan fingerprint density at radius 3 is 2.53 bits per heavy atom. The Labute approximate surface area is 119 Å². The van der Waals surface area contributed by atoms with Crippen LogP contribution in [0.15, 0.2) is 35.7 Å². The van der Waals surface area contributed by atoms with Gasteiger partial charge in [-0.3, -0.25) is 0 Å². The number of rotatable bonds is 2. The van der Waals surface area contributed by atoms with Crippen LogP contribution in [0.1, 0.15) is 5.56 Å². The van der Waals surface area contributed by atoms with Crippen molar-refractivity contribution >= 4 is 16.3 Å². The second-order valence-electron chi connectivity index (χ2n) is 5.28. The van der Waals surface area contributed by atoms with Gasteiger partial charge in [0.2, 0.25) is 0 Å². The zero-order valence-corrected chi connectivity index (χ0v) is 12.4. The van der Waals surface area contributed by atoms with E-state index in [1.807, 2.05) is 11.3 Å². The van der Waals surface area contributed by atoms with Gasteiger partial charge in [-0.1, -0.05) is 24.3 Å². The van der Waals surface area contributed by atoms with E-state index in [4.69, 9.17) is 0 Å². The van der Waals surface area contributed by atoms with E-state index in [1.165, 1.54) is 21.7 Å². The van der Waals surface area contributed by atoms with Crippen LogP contribution < -0.4 is 4.90 Å². The van der Waals surface area contributed by atoms with Gasteiger partial charge in [-0.2, -0.15) is 0 Å². The first-order chi connectivity index (χ1) is 9.24. The van der Waals surface area contributed by atoms with Gasteiger partial charge < -0.3 is 9.80 Å². The first kappa shape index (κ1) is 12.7. The minimum Gasteiger partial charge on any atom is -0.361 e. The van der Waals surface area contributed by atoms with Crippen molar-refractivity contribution in [2.75, 3.05) is 38.1 Å². The van der Waals surface area contributed by atoms with Crippen molar-refractivity contribution in [1.82, 2.24) is 4.90 Å². The average molecular weight is 272 g/mol. The molecule has 1 saturated heterocycles. The lowest BCUT2D eigenvalue weighted by Crippen LogP contribution is -2.44. The summed E-state index contributed by atoms with van der Waals surface area (Å²) >= 11 is 1.87. The van der Waals surface area contributed by atoms with Gasteiger partial charge >= 0.3 is 0 Å². The van der Waals surface area contributed by atoms with Crippen LogP contribution in [0.2, 0.25) is 0 Å². The highest BCUT2D eigenvalue weighted by Gasteiger charge is 2.16. The highest BCUT2D eigenvalue weighted by atomic mass is 32.1. The van der Waals surface area contributed by atoms with Crippen LogP contribution in [0.25, 0.3) is 11.1 Å². The molecule has 0 atom stereocenters. The number of benzene rings is 1. The normalized spacial score (nSPS) is 16.8. The van der Waals surface area contributed by atoms with Crippen LogP contribution in [-0.4, -0.2) is 38.1 Å². The van der Waals surface area contributed by atoms with Crippen molar-refractivity contribution in [3.63, 3.8) is 0 Å². The first-order valence-electron chi connectivity index (χ1n) is 6.82. The molecule has 19 heavy (non-hydrogen) atoms. The van der Waals surface area contributed by atoms with Gasteiger partial charge in [0.1, 0.15) is 0 Å². The number of likely N-dealkylation sites (N-methyl/N-ethyl adjacent to an activating group) is 1. The Hall–Kier alpha value is -1.32. The van der Waals surface area contributed by atoms with Gasteiger partial charge in [-0.15, -0.1) is 11.3 Å². The molecule has 3 rings (SSSR count). The van der Waals surface area contributed by atoms with Gasteiger partial charge in [0.15, 0.2) is 0 Å². The molecular weight excluding hydrogens is 252 g/mol. The molecule has 0 bridgehead atoms. The second kappa shape index (κ2) is 5.35. The topological polar surface area (TPSA) is 6.48 Å². The summed E-state index contributed by atoms with van der Waals surface area (Å²) in [5.41, 5.74) is 4.07. The highest BCUT2D eigenvalue weighted by Crippen LogP contribution is 2.33. The summed E-state index contributed by atoms with van der Waals surface area (Å²) in [4.78, 5) is 4.90. The Morgan fingerprint density at radius 1 is 1.05 bits per heavy atom. The lowest BCUT2D eigenvalue weighted by atomic mass is 10.0. The molecule has 1 aliphatic heterocycles. The van der Waals surface area contributed by atoms with Crippen LogP contribution in [-0.2, 0) is 0 Å². The molecule has 0 spiro atoms. The fourth-order valence-electron chi connectivity index (χ4n) is 2.56. The summed E-state index contributed by atoms with van der Waals surface area (Å²) in [5, 5.41) is 3.70. The fourth-order valence-corrected chi connectivity index (χ4v) is 3.52. The number of piperazine rings is 1. The monoisotopic (exact) mass is 272 g/mol. The maximum atomic E-state index is 2.51. The molecule has 2 aromatic rings.